The lowest BCUT2D eigenvalue weighted by atomic mass is 10.1. The van der Waals surface area contributed by atoms with Gasteiger partial charge < -0.3 is 10.6 Å². The molecule has 0 bridgehead atoms. The van der Waals surface area contributed by atoms with Crippen molar-refractivity contribution in [1.29, 1.82) is 0 Å². The molecule has 1 amide bonds. The predicted octanol–water partition coefficient (Wildman–Crippen LogP) is 1.73. The number of benzene rings is 1. The summed E-state index contributed by atoms with van der Waals surface area (Å²) < 4.78 is 0.660. The summed E-state index contributed by atoms with van der Waals surface area (Å²) in [5, 5.41) is 10.9. The van der Waals surface area contributed by atoms with E-state index in [1.165, 1.54) is 11.0 Å². The number of rotatable bonds is 2. The van der Waals surface area contributed by atoms with Gasteiger partial charge in [0.2, 0.25) is 5.91 Å². The number of nitro benzene ring substituents is 1. The molecule has 0 aromatic heterocycles. The SMILES string of the molecule is Cc1cc(Br)c(N2CC(N)CC2=O)cc1[N+](=O)[O-]. The summed E-state index contributed by atoms with van der Waals surface area (Å²) in [4.78, 5) is 23.7. The lowest BCUT2D eigenvalue weighted by molar-refractivity contribution is -0.385. The van der Waals surface area contributed by atoms with Crippen molar-refractivity contribution < 1.29 is 9.72 Å². The maximum absolute atomic E-state index is 11.8. The number of carbonyl (C=O) groups excluding carboxylic acids is 1. The van der Waals surface area contributed by atoms with Crippen molar-refractivity contribution in [3.05, 3.63) is 32.3 Å². The molecule has 18 heavy (non-hydrogen) atoms. The minimum absolute atomic E-state index is 0.00136. The summed E-state index contributed by atoms with van der Waals surface area (Å²) in [6.45, 7) is 2.04. The van der Waals surface area contributed by atoms with E-state index in [2.05, 4.69) is 15.9 Å². The van der Waals surface area contributed by atoms with Crippen LogP contribution in [0, 0.1) is 17.0 Å². The van der Waals surface area contributed by atoms with Crippen LogP contribution in [0.2, 0.25) is 0 Å². The van der Waals surface area contributed by atoms with Gasteiger partial charge in [0.1, 0.15) is 0 Å². The Morgan fingerprint density at radius 2 is 2.22 bits per heavy atom. The Kier molecular flexibility index (Phi) is 3.36. The Hall–Kier alpha value is -1.47. The average molecular weight is 314 g/mol. The van der Waals surface area contributed by atoms with E-state index in [4.69, 9.17) is 5.73 Å². The molecule has 2 rings (SSSR count). The van der Waals surface area contributed by atoms with Crippen molar-refractivity contribution in [2.24, 2.45) is 5.73 Å². The maximum atomic E-state index is 11.8. The van der Waals surface area contributed by atoms with Gasteiger partial charge in [0.25, 0.3) is 5.69 Å². The Balaban J connectivity index is 2.48. The van der Waals surface area contributed by atoms with Crippen molar-refractivity contribution in [1.82, 2.24) is 0 Å². The lowest BCUT2D eigenvalue weighted by Gasteiger charge is -2.18. The van der Waals surface area contributed by atoms with E-state index < -0.39 is 4.92 Å². The summed E-state index contributed by atoms with van der Waals surface area (Å²) >= 11 is 3.33. The van der Waals surface area contributed by atoms with E-state index in [1.807, 2.05) is 0 Å². The van der Waals surface area contributed by atoms with Gasteiger partial charge in [0.05, 0.1) is 10.6 Å². The molecule has 96 valence electrons. The molecular weight excluding hydrogens is 302 g/mol. The van der Waals surface area contributed by atoms with Gasteiger partial charge >= 0.3 is 0 Å². The molecule has 1 aliphatic heterocycles. The van der Waals surface area contributed by atoms with Gasteiger partial charge in [-0.3, -0.25) is 14.9 Å². The largest absolute Gasteiger partial charge is 0.326 e. The second kappa shape index (κ2) is 4.66. The van der Waals surface area contributed by atoms with Crippen molar-refractivity contribution in [3.8, 4) is 0 Å². The van der Waals surface area contributed by atoms with E-state index in [1.54, 1.807) is 13.0 Å². The van der Waals surface area contributed by atoms with Crippen molar-refractivity contribution in [2.45, 2.75) is 19.4 Å². The van der Waals surface area contributed by atoms with E-state index in [0.717, 1.165) is 0 Å². The summed E-state index contributed by atoms with van der Waals surface area (Å²) in [6, 6.07) is 2.84. The molecule has 1 unspecified atom stereocenters. The van der Waals surface area contributed by atoms with E-state index in [9.17, 15) is 14.9 Å². The van der Waals surface area contributed by atoms with Gasteiger partial charge in [0, 0.05) is 35.1 Å². The third-order valence-electron chi connectivity index (χ3n) is 2.91. The molecule has 1 aromatic carbocycles. The molecule has 0 saturated carbocycles. The molecule has 0 aliphatic carbocycles. The molecule has 1 heterocycles. The fraction of sp³-hybridized carbons (Fsp3) is 0.364. The number of hydrogen-bond donors (Lipinski definition) is 1. The Morgan fingerprint density at radius 3 is 2.72 bits per heavy atom. The Labute approximate surface area is 112 Å². The normalized spacial score (nSPS) is 19.4. The average Bonchev–Trinajstić information content (AvgIpc) is 2.57. The summed E-state index contributed by atoms with van der Waals surface area (Å²) in [6.07, 6.45) is 0.272. The number of nitrogens with two attached hydrogens (primary N) is 1. The van der Waals surface area contributed by atoms with Crippen LogP contribution in [0.3, 0.4) is 0 Å². The Bertz CT molecular complexity index is 533. The highest BCUT2D eigenvalue weighted by Crippen LogP contribution is 2.35. The van der Waals surface area contributed by atoms with Crippen LogP contribution in [-0.4, -0.2) is 23.4 Å². The van der Waals surface area contributed by atoms with Crippen molar-refractivity contribution in [2.75, 3.05) is 11.4 Å². The first-order chi connectivity index (χ1) is 8.40. The molecule has 1 aliphatic rings. The zero-order valence-corrected chi connectivity index (χ0v) is 11.3. The molecule has 6 nitrogen and oxygen atoms in total. The lowest BCUT2D eigenvalue weighted by Crippen LogP contribution is -2.28. The first kappa shape index (κ1) is 13.0. The molecule has 1 saturated heterocycles. The molecule has 0 radical (unpaired) electrons. The minimum Gasteiger partial charge on any atom is -0.326 e. The topological polar surface area (TPSA) is 89.5 Å². The predicted molar refractivity (Wildman–Crippen MR) is 70.5 cm³/mol. The molecule has 1 atom stereocenters. The third kappa shape index (κ3) is 2.23. The molecule has 1 fully saturated rings. The third-order valence-corrected chi connectivity index (χ3v) is 3.54. The van der Waals surface area contributed by atoms with Crippen LogP contribution in [0.15, 0.2) is 16.6 Å². The van der Waals surface area contributed by atoms with Crippen LogP contribution in [0.1, 0.15) is 12.0 Å². The molecule has 2 N–H and O–H groups in total. The quantitative estimate of drug-likeness (QED) is 0.665. The van der Waals surface area contributed by atoms with Gasteiger partial charge in [-0.15, -0.1) is 0 Å². The van der Waals surface area contributed by atoms with E-state index in [0.29, 0.717) is 22.3 Å². The van der Waals surface area contributed by atoms with Crippen LogP contribution in [0.4, 0.5) is 11.4 Å². The van der Waals surface area contributed by atoms with Crippen LogP contribution in [0.5, 0.6) is 0 Å². The van der Waals surface area contributed by atoms with Crippen LogP contribution < -0.4 is 10.6 Å². The highest BCUT2D eigenvalue weighted by Gasteiger charge is 2.30. The van der Waals surface area contributed by atoms with Gasteiger partial charge in [-0.25, -0.2) is 0 Å². The zero-order chi connectivity index (χ0) is 13.4. The molecule has 7 heteroatoms. The van der Waals surface area contributed by atoms with Crippen molar-refractivity contribution >= 4 is 33.2 Å². The van der Waals surface area contributed by atoms with Crippen LogP contribution in [0.25, 0.3) is 0 Å². The number of aryl methyl sites for hydroxylation is 1. The van der Waals surface area contributed by atoms with Crippen LogP contribution in [-0.2, 0) is 4.79 Å². The molecule has 1 aromatic rings. The highest BCUT2D eigenvalue weighted by atomic mass is 79.9. The van der Waals surface area contributed by atoms with Gasteiger partial charge in [-0.05, 0) is 28.9 Å². The van der Waals surface area contributed by atoms with E-state index >= 15 is 0 Å². The molecule has 0 spiro atoms. The number of nitro groups is 1. The van der Waals surface area contributed by atoms with Crippen molar-refractivity contribution in [3.63, 3.8) is 0 Å². The van der Waals surface area contributed by atoms with E-state index in [-0.39, 0.29) is 24.1 Å². The number of halogens is 1. The van der Waals surface area contributed by atoms with Crippen LogP contribution >= 0.6 is 15.9 Å². The second-order valence-electron chi connectivity index (χ2n) is 4.32. The summed E-state index contributed by atoms with van der Waals surface area (Å²) in [5.74, 6) is -0.110. The number of nitrogens with zero attached hydrogens (tertiary/aromatic N) is 2. The smallest absolute Gasteiger partial charge is 0.274 e. The number of amides is 1. The number of anilines is 1. The zero-order valence-electron chi connectivity index (χ0n) is 9.72. The number of carbonyl (C=O) groups is 1. The minimum atomic E-state index is -0.453. The second-order valence-corrected chi connectivity index (χ2v) is 5.17. The number of hydrogen-bond acceptors (Lipinski definition) is 4. The standard InChI is InChI=1S/C11H12BrN3O3/c1-6-2-8(12)10(4-9(6)15(17)18)14-5-7(13)3-11(14)16/h2,4,7H,3,5,13H2,1H3. The van der Waals surface area contributed by atoms with Gasteiger partial charge in [0.15, 0.2) is 0 Å². The maximum Gasteiger partial charge on any atom is 0.274 e. The summed E-state index contributed by atoms with van der Waals surface area (Å²) in [7, 11) is 0. The van der Waals surface area contributed by atoms with Gasteiger partial charge in [-0.1, -0.05) is 0 Å². The highest BCUT2D eigenvalue weighted by molar-refractivity contribution is 9.10. The monoisotopic (exact) mass is 313 g/mol. The Morgan fingerprint density at radius 1 is 1.56 bits per heavy atom. The van der Waals surface area contributed by atoms with Gasteiger partial charge in [-0.2, -0.15) is 0 Å². The molecular formula is C11H12BrN3O3. The first-order valence-electron chi connectivity index (χ1n) is 5.40. The fourth-order valence-electron chi connectivity index (χ4n) is 2.02. The fourth-order valence-corrected chi connectivity index (χ4v) is 2.69. The first-order valence-corrected chi connectivity index (χ1v) is 6.20. The summed E-state index contributed by atoms with van der Waals surface area (Å²) in [5.41, 5.74) is 6.77.